The largest absolute Gasteiger partial charge is 0.465 e. The zero-order chi connectivity index (χ0) is 15.8. The van der Waals surface area contributed by atoms with Crippen molar-refractivity contribution in [1.82, 2.24) is 0 Å². The van der Waals surface area contributed by atoms with Gasteiger partial charge in [-0.05, 0) is 36.3 Å². The Morgan fingerprint density at radius 1 is 1.43 bits per heavy atom. The van der Waals surface area contributed by atoms with Crippen LogP contribution in [0, 0.1) is 17.7 Å². The molecule has 0 saturated heterocycles. The van der Waals surface area contributed by atoms with Gasteiger partial charge >= 0.3 is 11.8 Å². The summed E-state index contributed by atoms with van der Waals surface area (Å²) >= 11 is 0. The molecule has 0 aromatic heterocycles. The van der Waals surface area contributed by atoms with E-state index < -0.39 is 11.5 Å². The van der Waals surface area contributed by atoms with Crippen LogP contribution in [-0.2, 0) is 4.74 Å². The number of carbonyl (C=O) groups excluding carboxylic acids is 1. The number of amidine groups is 1. The Bertz CT molecular complexity index is 634. The lowest BCUT2D eigenvalue weighted by atomic mass is 9.90. The van der Waals surface area contributed by atoms with Gasteiger partial charge in [0.15, 0.2) is 12.1 Å². The first-order valence-electron chi connectivity index (χ1n) is 7.02. The van der Waals surface area contributed by atoms with Gasteiger partial charge < -0.3 is 4.74 Å². The summed E-state index contributed by atoms with van der Waals surface area (Å²) < 4.78 is 5.65. The topological polar surface area (TPSA) is 58.7 Å². The number of aliphatic imine (C=N–C) groups is 1. The maximum atomic E-state index is 12.3. The monoisotopic (exact) mass is 289 g/mol. The number of nitrogens with zero attached hydrogens (tertiary/aromatic N) is 2. The minimum absolute atomic E-state index is 0.260. The fraction of sp³-hybridized carbons (Fsp3) is 0.500. The Kier molecular flexibility index (Phi) is 3.94. The molecular weight excluding hydrogens is 268 g/mol. The summed E-state index contributed by atoms with van der Waals surface area (Å²) in [6.07, 6.45) is 0. The molecule has 0 fully saturated rings. The quantitative estimate of drug-likeness (QED) is 0.635. The smallest absolute Gasteiger partial charge is 0.364 e. The van der Waals surface area contributed by atoms with Crippen molar-refractivity contribution in [2.24, 2.45) is 10.9 Å². The van der Waals surface area contributed by atoms with E-state index in [0.717, 1.165) is 10.3 Å². The van der Waals surface area contributed by atoms with Crippen molar-refractivity contribution in [3.63, 3.8) is 0 Å². The molecule has 1 aliphatic heterocycles. The molecule has 1 aromatic carbocycles. The van der Waals surface area contributed by atoms with Crippen LogP contribution < -0.4 is 0 Å². The zero-order valence-electron chi connectivity index (χ0n) is 13.1. The molecule has 0 radical (unpaired) electrons. The van der Waals surface area contributed by atoms with E-state index in [1.165, 1.54) is 7.11 Å². The Hall–Kier alpha value is -2.04. The highest BCUT2D eigenvalue weighted by Crippen LogP contribution is 2.29. The Morgan fingerprint density at radius 2 is 2.10 bits per heavy atom. The van der Waals surface area contributed by atoms with Gasteiger partial charge in [0.05, 0.1) is 18.2 Å². The van der Waals surface area contributed by atoms with Crippen molar-refractivity contribution in [2.75, 3.05) is 13.7 Å². The average Bonchev–Trinajstić information content (AvgIpc) is 2.75. The van der Waals surface area contributed by atoms with E-state index in [0.29, 0.717) is 23.5 Å². The lowest BCUT2D eigenvalue weighted by Gasteiger charge is -2.15. The van der Waals surface area contributed by atoms with Gasteiger partial charge in [-0.1, -0.05) is 29.8 Å². The molecule has 112 valence electrons. The summed E-state index contributed by atoms with van der Waals surface area (Å²) in [5.74, 6) is 0.240. The van der Waals surface area contributed by atoms with Crippen LogP contribution in [0.15, 0.2) is 23.2 Å². The molecule has 2 rings (SSSR count). The van der Waals surface area contributed by atoms with E-state index in [2.05, 4.69) is 18.8 Å². The van der Waals surface area contributed by atoms with Gasteiger partial charge in [-0.3, -0.25) is 0 Å². The summed E-state index contributed by atoms with van der Waals surface area (Å²) in [5.41, 5.74) is 1.63. The predicted octanol–water partition coefficient (Wildman–Crippen LogP) is 2.74. The molecule has 1 atom stereocenters. The molecule has 5 heteroatoms. The minimum atomic E-state index is -0.418. The maximum Gasteiger partial charge on any atom is 0.364 e. The number of carbonyl (C=O) groups is 1. The molecule has 0 saturated carbocycles. The van der Waals surface area contributed by atoms with Gasteiger partial charge in [0, 0.05) is 5.92 Å². The highest BCUT2D eigenvalue weighted by atomic mass is 16.5. The summed E-state index contributed by atoms with van der Waals surface area (Å²) in [6, 6.07) is 5.18. The second kappa shape index (κ2) is 5.39. The van der Waals surface area contributed by atoms with Crippen molar-refractivity contribution in [3.05, 3.63) is 39.8 Å². The van der Waals surface area contributed by atoms with Crippen LogP contribution in [0.5, 0.6) is 0 Å². The fourth-order valence-electron chi connectivity index (χ4n) is 2.31. The highest BCUT2D eigenvalue weighted by molar-refractivity contribution is 5.98. The number of rotatable bonds is 3. The molecule has 1 aliphatic rings. The van der Waals surface area contributed by atoms with Crippen molar-refractivity contribution in [2.45, 2.75) is 33.2 Å². The van der Waals surface area contributed by atoms with Gasteiger partial charge in [-0.15, -0.1) is 0 Å². The van der Waals surface area contributed by atoms with Crippen LogP contribution in [0.3, 0.4) is 0 Å². The number of hydrogen-bond acceptors (Lipinski definition) is 4. The first-order valence-corrected chi connectivity index (χ1v) is 7.02. The molecule has 0 bridgehead atoms. The third-order valence-corrected chi connectivity index (χ3v) is 4.20. The second-order valence-electron chi connectivity index (χ2n) is 6.01. The molecule has 1 heterocycles. The molecule has 0 aliphatic carbocycles. The number of hydrogen-bond donors (Lipinski definition) is 0. The molecule has 1 unspecified atom stereocenters. The van der Waals surface area contributed by atoms with Crippen molar-refractivity contribution in [3.8, 4) is 0 Å². The van der Waals surface area contributed by atoms with E-state index in [-0.39, 0.29) is 5.92 Å². The van der Waals surface area contributed by atoms with Crippen LogP contribution in [0.2, 0.25) is 0 Å². The second-order valence-corrected chi connectivity index (χ2v) is 6.01. The molecular formula is C16H21N2O3+. The fourth-order valence-corrected chi connectivity index (χ4v) is 2.31. The van der Waals surface area contributed by atoms with E-state index in [1.54, 1.807) is 12.1 Å². The number of ether oxygens (including phenoxy) is 1. The highest BCUT2D eigenvalue weighted by Gasteiger charge is 2.48. The van der Waals surface area contributed by atoms with Crippen LogP contribution >= 0.6 is 0 Å². The SMILES string of the molecule is COC(=O)c1ccc(C)c(C2=NC(C)(C(C)C)C[N+]2=O)c1. The van der Waals surface area contributed by atoms with Crippen molar-refractivity contribution in [1.29, 1.82) is 0 Å². The Balaban J connectivity index is 2.51. The Labute approximate surface area is 124 Å². The third-order valence-electron chi connectivity index (χ3n) is 4.20. The third kappa shape index (κ3) is 2.73. The van der Waals surface area contributed by atoms with E-state index in [1.807, 2.05) is 19.9 Å². The zero-order valence-corrected chi connectivity index (χ0v) is 13.1. The van der Waals surface area contributed by atoms with Gasteiger partial charge in [0.1, 0.15) is 0 Å². The lowest BCUT2D eigenvalue weighted by Crippen LogP contribution is -2.32. The first-order chi connectivity index (χ1) is 9.78. The standard InChI is InChI=1S/C16H21N2O3/c1-10(2)16(4)9-18(20)14(17-16)13-8-12(15(19)21-5)7-6-11(13)3/h6-8,10H,9H2,1-5H3/q+1. The number of methoxy groups -OCH3 is 1. The summed E-state index contributed by atoms with van der Waals surface area (Å²) in [4.78, 5) is 28.6. The normalized spacial score (nSPS) is 21.6. The Morgan fingerprint density at radius 3 is 2.62 bits per heavy atom. The number of esters is 1. The van der Waals surface area contributed by atoms with Gasteiger partial charge in [-0.25, -0.2) is 4.79 Å². The number of nitroso groups, excluding NO2 is 1. The summed E-state index contributed by atoms with van der Waals surface area (Å²) in [7, 11) is 1.34. The molecule has 0 N–H and O–H groups in total. The van der Waals surface area contributed by atoms with Crippen LogP contribution in [0.1, 0.15) is 42.3 Å². The molecule has 21 heavy (non-hydrogen) atoms. The average molecular weight is 289 g/mol. The first kappa shape index (κ1) is 15.4. The lowest BCUT2D eigenvalue weighted by molar-refractivity contribution is -0.428. The van der Waals surface area contributed by atoms with Crippen molar-refractivity contribution >= 4 is 11.8 Å². The van der Waals surface area contributed by atoms with Crippen LogP contribution in [0.4, 0.5) is 0 Å². The van der Waals surface area contributed by atoms with Gasteiger partial charge in [-0.2, -0.15) is 0 Å². The number of aryl methyl sites for hydroxylation is 1. The number of benzene rings is 1. The van der Waals surface area contributed by atoms with Crippen LogP contribution in [-0.4, -0.2) is 35.8 Å². The summed E-state index contributed by atoms with van der Waals surface area (Å²) in [5, 5.41) is 0. The molecule has 0 amide bonds. The van der Waals surface area contributed by atoms with Crippen molar-refractivity contribution < 1.29 is 14.3 Å². The van der Waals surface area contributed by atoms with Gasteiger partial charge in [0.2, 0.25) is 0 Å². The molecule has 0 spiro atoms. The van der Waals surface area contributed by atoms with Crippen LogP contribution in [0.25, 0.3) is 0 Å². The minimum Gasteiger partial charge on any atom is -0.465 e. The summed E-state index contributed by atoms with van der Waals surface area (Å²) in [6.45, 7) is 8.32. The predicted molar refractivity (Wildman–Crippen MR) is 80.8 cm³/mol. The van der Waals surface area contributed by atoms with Gasteiger partial charge in [0.25, 0.3) is 0 Å². The van der Waals surface area contributed by atoms with E-state index in [4.69, 9.17) is 4.74 Å². The molecule has 5 nitrogen and oxygen atoms in total. The molecule has 1 aromatic rings. The maximum absolute atomic E-state index is 12.3. The van der Waals surface area contributed by atoms with E-state index in [9.17, 15) is 9.70 Å². The van der Waals surface area contributed by atoms with E-state index >= 15 is 0 Å².